The molecule has 2 aromatic carbocycles. The Labute approximate surface area is 112 Å². The second-order valence-corrected chi connectivity index (χ2v) is 4.75. The van der Waals surface area contributed by atoms with Crippen molar-refractivity contribution in [3.8, 4) is 5.75 Å². The normalized spacial score (nSPS) is 16.4. The van der Waals surface area contributed by atoms with Crippen LogP contribution in [0, 0.1) is 0 Å². The van der Waals surface area contributed by atoms with E-state index in [0.29, 0.717) is 5.56 Å². The average Bonchev–Trinajstić information content (AvgIpc) is 2.43. The van der Waals surface area contributed by atoms with Gasteiger partial charge in [0.05, 0.1) is 0 Å². The molecular weight excluding hydrogens is 236 g/mol. The molecule has 0 spiro atoms. The Bertz CT molecular complexity index is 654. The third kappa shape index (κ3) is 2.29. The van der Waals surface area contributed by atoms with Crippen molar-refractivity contribution >= 4 is 11.9 Å². The van der Waals surface area contributed by atoms with Gasteiger partial charge in [-0.1, -0.05) is 30.3 Å². The van der Waals surface area contributed by atoms with Crippen LogP contribution in [0.2, 0.25) is 0 Å². The molecule has 0 fully saturated rings. The van der Waals surface area contributed by atoms with Gasteiger partial charge >= 0.3 is 0 Å². The van der Waals surface area contributed by atoms with Gasteiger partial charge in [-0.2, -0.15) is 0 Å². The minimum atomic E-state index is 0.0742. The maximum Gasteiger partial charge on any atom is 0.189 e. The smallest absolute Gasteiger partial charge is 0.189 e. The average molecular weight is 250 g/mol. The van der Waals surface area contributed by atoms with Crippen LogP contribution in [0.5, 0.6) is 5.75 Å². The lowest BCUT2D eigenvalue weighted by Gasteiger charge is -2.17. The van der Waals surface area contributed by atoms with E-state index in [1.54, 1.807) is 18.2 Å². The zero-order chi connectivity index (χ0) is 13.2. The van der Waals surface area contributed by atoms with Crippen molar-refractivity contribution in [2.75, 3.05) is 0 Å². The van der Waals surface area contributed by atoms with E-state index >= 15 is 0 Å². The van der Waals surface area contributed by atoms with Crippen LogP contribution in [0.25, 0.3) is 6.08 Å². The molecule has 2 aromatic rings. The highest BCUT2D eigenvalue weighted by atomic mass is 16.3. The van der Waals surface area contributed by atoms with Gasteiger partial charge in [0.15, 0.2) is 5.78 Å². The van der Waals surface area contributed by atoms with E-state index in [0.717, 1.165) is 29.5 Å². The van der Waals surface area contributed by atoms with E-state index in [1.165, 1.54) is 0 Å². The van der Waals surface area contributed by atoms with Gasteiger partial charge in [-0.25, -0.2) is 0 Å². The van der Waals surface area contributed by atoms with E-state index in [2.05, 4.69) is 0 Å². The number of aryl methyl sites for hydroxylation is 1. The quantitative estimate of drug-likeness (QED) is 0.785. The number of phenolic OH excluding ortho intramolecular Hbond substituents is 1. The Hall–Kier alpha value is -2.35. The van der Waals surface area contributed by atoms with Gasteiger partial charge in [0.2, 0.25) is 0 Å². The van der Waals surface area contributed by atoms with Crippen LogP contribution >= 0.6 is 0 Å². The first kappa shape index (κ1) is 11.7. The largest absolute Gasteiger partial charge is 0.508 e. The highest BCUT2D eigenvalue weighted by Crippen LogP contribution is 2.28. The Morgan fingerprint density at radius 3 is 2.58 bits per heavy atom. The molecule has 94 valence electrons. The molecule has 0 saturated heterocycles. The molecule has 1 aliphatic carbocycles. The van der Waals surface area contributed by atoms with E-state index in [9.17, 15) is 9.90 Å². The van der Waals surface area contributed by atoms with Crippen molar-refractivity contribution in [2.24, 2.45) is 0 Å². The Kier molecular flexibility index (Phi) is 2.92. The fourth-order valence-corrected chi connectivity index (χ4v) is 2.45. The third-order valence-corrected chi connectivity index (χ3v) is 3.43. The summed E-state index contributed by atoms with van der Waals surface area (Å²) >= 11 is 0. The van der Waals surface area contributed by atoms with Crippen LogP contribution in [-0.2, 0) is 6.42 Å². The number of rotatable bonds is 1. The zero-order valence-corrected chi connectivity index (χ0v) is 10.5. The third-order valence-electron chi connectivity index (χ3n) is 3.43. The van der Waals surface area contributed by atoms with Gasteiger partial charge < -0.3 is 5.11 Å². The number of carbonyl (C=O) groups is 1. The predicted molar refractivity (Wildman–Crippen MR) is 75.2 cm³/mol. The van der Waals surface area contributed by atoms with Gasteiger partial charge in [0.1, 0.15) is 5.75 Å². The Balaban J connectivity index is 1.98. The van der Waals surface area contributed by atoms with Crippen LogP contribution < -0.4 is 0 Å². The molecule has 0 saturated carbocycles. The van der Waals surface area contributed by atoms with Crippen LogP contribution in [0.3, 0.4) is 0 Å². The number of fused-ring (bicyclic) bond motifs is 1. The highest BCUT2D eigenvalue weighted by Gasteiger charge is 2.21. The van der Waals surface area contributed by atoms with Crippen molar-refractivity contribution in [3.63, 3.8) is 0 Å². The highest BCUT2D eigenvalue weighted by molar-refractivity contribution is 6.13. The van der Waals surface area contributed by atoms with Gasteiger partial charge in [-0.05, 0) is 48.2 Å². The molecule has 0 unspecified atom stereocenters. The lowest BCUT2D eigenvalue weighted by atomic mass is 9.86. The first-order valence-electron chi connectivity index (χ1n) is 6.36. The van der Waals surface area contributed by atoms with Crippen LogP contribution in [0.15, 0.2) is 54.1 Å². The number of hydrogen-bond donors (Lipinski definition) is 1. The van der Waals surface area contributed by atoms with Gasteiger partial charge in [0.25, 0.3) is 0 Å². The molecule has 1 N–H and O–H groups in total. The van der Waals surface area contributed by atoms with Gasteiger partial charge in [0, 0.05) is 11.1 Å². The zero-order valence-electron chi connectivity index (χ0n) is 10.5. The monoisotopic (exact) mass is 250 g/mol. The minimum absolute atomic E-state index is 0.0742. The summed E-state index contributed by atoms with van der Waals surface area (Å²) in [6.07, 6.45) is 3.48. The fraction of sp³-hybridized carbons (Fsp3) is 0.118. The number of benzene rings is 2. The van der Waals surface area contributed by atoms with Crippen LogP contribution in [0.4, 0.5) is 0 Å². The predicted octanol–water partition coefficient (Wildman–Crippen LogP) is 3.60. The summed E-state index contributed by atoms with van der Waals surface area (Å²) in [5.41, 5.74) is 3.54. The number of aromatic hydroxyl groups is 1. The molecule has 0 bridgehead atoms. The first-order valence-corrected chi connectivity index (χ1v) is 6.36. The molecule has 0 heterocycles. The standard InChI is InChI=1S/C17H14O2/c18-15-8-9-16-13(11-15)6-7-14(17(16)19)10-12-4-2-1-3-5-12/h1-5,8-11,18H,6-7H2/b14-10+. The van der Waals surface area contributed by atoms with Crippen molar-refractivity contribution < 1.29 is 9.90 Å². The molecule has 0 atom stereocenters. The summed E-state index contributed by atoms with van der Waals surface area (Å²) in [4.78, 5) is 12.4. The van der Waals surface area contributed by atoms with Crippen molar-refractivity contribution in [1.82, 2.24) is 0 Å². The Morgan fingerprint density at radius 1 is 1.00 bits per heavy atom. The number of phenols is 1. The first-order chi connectivity index (χ1) is 9.24. The molecule has 2 nitrogen and oxygen atoms in total. The molecule has 3 rings (SSSR count). The van der Waals surface area contributed by atoms with Crippen molar-refractivity contribution in [1.29, 1.82) is 0 Å². The molecular formula is C17H14O2. The maximum atomic E-state index is 12.4. The Morgan fingerprint density at radius 2 is 1.79 bits per heavy atom. The summed E-state index contributed by atoms with van der Waals surface area (Å²) in [5, 5.41) is 9.45. The molecule has 1 aliphatic rings. The lowest BCUT2D eigenvalue weighted by molar-refractivity contribution is 0.102. The lowest BCUT2D eigenvalue weighted by Crippen LogP contribution is -2.13. The molecule has 0 aromatic heterocycles. The number of Topliss-reactive ketones (excluding diaryl/α,β-unsaturated/α-hetero) is 1. The topological polar surface area (TPSA) is 37.3 Å². The fourth-order valence-electron chi connectivity index (χ4n) is 2.45. The SMILES string of the molecule is O=C1/C(=C/c2ccccc2)CCc2cc(O)ccc21. The number of carbonyl (C=O) groups excluding carboxylic acids is 1. The number of allylic oxidation sites excluding steroid dienone is 1. The minimum Gasteiger partial charge on any atom is -0.508 e. The van der Waals surface area contributed by atoms with Crippen molar-refractivity contribution in [2.45, 2.75) is 12.8 Å². The number of ketones is 1. The summed E-state index contributed by atoms with van der Waals surface area (Å²) in [6.45, 7) is 0. The number of hydrogen-bond acceptors (Lipinski definition) is 2. The molecule has 19 heavy (non-hydrogen) atoms. The summed E-state index contributed by atoms with van der Waals surface area (Å²) in [7, 11) is 0. The van der Waals surface area contributed by atoms with E-state index in [4.69, 9.17) is 0 Å². The summed E-state index contributed by atoms with van der Waals surface area (Å²) < 4.78 is 0. The summed E-state index contributed by atoms with van der Waals surface area (Å²) in [5.74, 6) is 0.298. The van der Waals surface area contributed by atoms with Gasteiger partial charge in [-0.3, -0.25) is 4.79 Å². The summed E-state index contributed by atoms with van der Waals surface area (Å²) in [6, 6.07) is 14.8. The van der Waals surface area contributed by atoms with Crippen LogP contribution in [0.1, 0.15) is 27.9 Å². The molecule has 0 radical (unpaired) electrons. The maximum absolute atomic E-state index is 12.4. The second-order valence-electron chi connectivity index (χ2n) is 4.75. The van der Waals surface area contributed by atoms with E-state index in [1.807, 2.05) is 36.4 Å². The van der Waals surface area contributed by atoms with Gasteiger partial charge in [-0.15, -0.1) is 0 Å². The molecule has 2 heteroatoms. The van der Waals surface area contributed by atoms with Crippen LogP contribution in [-0.4, -0.2) is 10.9 Å². The molecule has 0 amide bonds. The molecule has 0 aliphatic heterocycles. The van der Waals surface area contributed by atoms with Crippen molar-refractivity contribution in [3.05, 3.63) is 70.8 Å². The van der Waals surface area contributed by atoms with E-state index < -0.39 is 0 Å². The van der Waals surface area contributed by atoms with E-state index in [-0.39, 0.29) is 11.5 Å². The second kappa shape index (κ2) is 4.73.